The molecule has 0 aromatic carbocycles. The molecule has 18 heavy (non-hydrogen) atoms. The van der Waals surface area contributed by atoms with E-state index in [1.807, 2.05) is 21.0 Å². The quantitative estimate of drug-likeness (QED) is 0.504. The number of amides is 1. The number of carbonyl (C=O) groups is 1. The average Bonchev–Trinajstić information content (AvgIpc) is 2.36. The Hall–Kier alpha value is -1.66. The number of hydrogen-bond donors (Lipinski definition) is 3. The number of carbonyl (C=O) groups excluding carboxylic acids is 1. The molecule has 0 aliphatic rings. The van der Waals surface area contributed by atoms with Gasteiger partial charge in [-0.15, -0.1) is 0 Å². The van der Waals surface area contributed by atoms with E-state index in [4.69, 9.17) is 5.84 Å². The van der Waals surface area contributed by atoms with Gasteiger partial charge in [-0.3, -0.25) is 10.6 Å². The van der Waals surface area contributed by atoms with Crippen LogP contribution in [0.4, 0.5) is 5.69 Å². The van der Waals surface area contributed by atoms with Crippen molar-refractivity contribution in [2.45, 2.75) is 19.4 Å². The van der Waals surface area contributed by atoms with Crippen LogP contribution in [0.15, 0.2) is 18.3 Å². The lowest BCUT2D eigenvalue weighted by Crippen LogP contribution is -2.35. The summed E-state index contributed by atoms with van der Waals surface area (Å²) < 4.78 is 0. The van der Waals surface area contributed by atoms with Gasteiger partial charge in [-0.2, -0.15) is 0 Å². The highest BCUT2D eigenvalue weighted by Crippen LogP contribution is 2.04. The predicted molar refractivity (Wildman–Crippen MR) is 72.1 cm³/mol. The molecule has 1 aromatic rings. The van der Waals surface area contributed by atoms with Gasteiger partial charge in [0.1, 0.15) is 5.69 Å². The summed E-state index contributed by atoms with van der Waals surface area (Å²) in [5, 5.41) is 2.91. The van der Waals surface area contributed by atoms with Crippen molar-refractivity contribution in [1.29, 1.82) is 0 Å². The molecular formula is C12H21N5O. The fraction of sp³-hybridized carbons (Fsp3) is 0.500. The Morgan fingerprint density at radius 3 is 2.72 bits per heavy atom. The van der Waals surface area contributed by atoms with Gasteiger partial charge in [0, 0.05) is 6.04 Å². The zero-order valence-corrected chi connectivity index (χ0v) is 11.1. The molecule has 0 radical (unpaired) electrons. The van der Waals surface area contributed by atoms with Crippen molar-refractivity contribution < 1.29 is 4.79 Å². The summed E-state index contributed by atoms with van der Waals surface area (Å²) >= 11 is 0. The molecule has 4 N–H and O–H groups in total. The van der Waals surface area contributed by atoms with E-state index >= 15 is 0 Å². The topological polar surface area (TPSA) is 83.3 Å². The minimum atomic E-state index is -0.162. The summed E-state index contributed by atoms with van der Waals surface area (Å²) in [6.07, 6.45) is 2.43. The summed E-state index contributed by atoms with van der Waals surface area (Å²) in [6, 6.07) is 3.48. The van der Waals surface area contributed by atoms with Crippen molar-refractivity contribution in [2.24, 2.45) is 5.84 Å². The number of nitrogens with zero attached hydrogens (tertiary/aromatic N) is 2. The van der Waals surface area contributed by atoms with Crippen LogP contribution in [0.5, 0.6) is 0 Å². The number of nitrogens with two attached hydrogens (primary N) is 1. The molecule has 0 aliphatic heterocycles. The lowest BCUT2D eigenvalue weighted by atomic mass is 10.2. The Morgan fingerprint density at radius 2 is 2.22 bits per heavy atom. The maximum atomic E-state index is 11.9. The minimum absolute atomic E-state index is 0.119. The van der Waals surface area contributed by atoms with E-state index in [2.05, 4.69) is 20.6 Å². The number of pyridine rings is 1. The highest BCUT2D eigenvalue weighted by atomic mass is 16.1. The Labute approximate surface area is 108 Å². The summed E-state index contributed by atoms with van der Waals surface area (Å²) in [5.74, 6) is 5.07. The molecule has 0 saturated heterocycles. The van der Waals surface area contributed by atoms with Gasteiger partial charge in [0.15, 0.2) is 0 Å². The molecule has 0 aliphatic carbocycles. The van der Waals surface area contributed by atoms with Crippen molar-refractivity contribution in [1.82, 2.24) is 15.2 Å². The maximum absolute atomic E-state index is 11.9. The van der Waals surface area contributed by atoms with Crippen LogP contribution in [-0.2, 0) is 0 Å². The van der Waals surface area contributed by atoms with E-state index < -0.39 is 0 Å². The third kappa shape index (κ3) is 4.68. The first-order valence-electron chi connectivity index (χ1n) is 5.91. The number of nitrogen functional groups attached to an aromatic ring is 1. The van der Waals surface area contributed by atoms with Gasteiger partial charge in [0.05, 0.1) is 11.9 Å². The van der Waals surface area contributed by atoms with Crippen molar-refractivity contribution >= 4 is 11.6 Å². The van der Waals surface area contributed by atoms with E-state index in [9.17, 15) is 4.79 Å². The van der Waals surface area contributed by atoms with Gasteiger partial charge in [-0.1, -0.05) is 0 Å². The largest absolute Gasteiger partial charge is 0.348 e. The highest BCUT2D eigenvalue weighted by Gasteiger charge is 2.10. The zero-order valence-electron chi connectivity index (χ0n) is 11.1. The van der Waals surface area contributed by atoms with E-state index in [0.29, 0.717) is 11.4 Å². The molecule has 1 rings (SSSR count). The Balaban J connectivity index is 2.48. The second-order valence-corrected chi connectivity index (χ2v) is 4.54. The monoisotopic (exact) mass is 251 g/mol. The second-order valence-electron chi connectivity index (χ2n) is 4.54. The van der Waals surface area contributed by atoms with Crippen molar-refractivity contribution in [3.8, 4) is 0 Å². The SMILES string of the molecule is CC(CCN(C)C)NC(=O)c1ccc(NN)cn1. The van der Waals surface area contributed by atoms with Crippen molar-refractivity contribution in [2.75, 3.05) is 26.1 Å². The van der Waals surface area contributed by atoms with Crippen LogP contribution in [0.3, 0.4) is 0 Å². The lowest BCUT2D eigenvalue weighted by Gasteiger charge is -2.16. The number of hydrogen-bond acceptors (Lipinski definition) is 5. The van der Waals surface area contributed by atoms with Crippen LogP contribution >= 0.6 is 0 Å². The first kappa shape index (κ1) is 14.4. The van der Waals surface area contributed by atoms with Gasteiger partial charge >= 0.3 is 0 Å². The van der Waals surface area contributed by atoms with Crippen LogP contribution < -0.4 is 16.6 Å². The van der Waals surface area contributed by atoms with Gasteiger partial charge < -0.3 is 15.6 Å². The fourth-order valence-electron chi connectivity index (χ4n) is 1.44. The second kappa shape index (κ2) is 6.93. The van der Waals surface area contributed by atoms with Gasteiger partial charge in [-0.25, -0.2) is 4.98 Å². The van der Waals surface area contributed by atoms with E-state index in [-0.39, 0.29) is 11.9 Å². The minimum Gasteiger partial charge on any atom is -0.348 e. The standard InChI is InChI=1S/C12H21N5O/c1-9(6-7-17(2)3)15-12(18)11-5-4-10(16-13)8-14-11/h4-5,8-9,16H,6-7,13H2,1-3H3,(H,15,18). The molecular weight excluding hydrogens is 230 g/mol. The molecule has 1 aromatic heterocycles. The smallest absolute Gasteiger partial charge is 0.270 e. The average molecular weight is 251 g/mol. The normalized spacial score (nSPS) is 12.3. The van der Waals surface area contributed by atoms with Gasteiger partial charge in [-0.05, 0) is 46.1 Å². The molecule has 1 amide bonds. The lowest BCUT2D eigenvalue weighted by molar-refractivity contribution is 0.0932. The summed E-state index contributed by atoms with van der Waals surface area (Å²) in [7, 11) is 4.02. The van der Waals surface area contributed by atoms with Crippen LogP contribution in [0.2, 0.25) is 0 Å². The molecule has 0 saturated carbocycles. The van der Waals surface area contributed by atoms with Crippen LogP contribution in [-0.4, -0.2) is 42.5 Å². The third-order valence-electron chi connectivity index (χ3n) is 2.55. The molecule has 1 heterocycles. The molecule has 6 heteroatoms. The molecule has 0 spiro atoms. The molecule has 1 atom stereocenters. The van der Waals surface area contributed by atoms with Crippen LogP contribution in [0.25, 0.3) is 0 Å². The number of nitrogens with one attached hydrogen (secondary N) is 2. The van der Waals surface area contributed by atoms with Crippen molar-refractivity contribution in [3.05, 3.63) is 24.0 Å². The molecule has 100 valence electrons. The summed E-state index contributed by atoms with van der Waals surface area (Å²) in [6.45, 7) is 2.92. The highest BCUT2D eigenvalue weighted by molar-refractivity contribution is 5.92. The number of rotatable bonds is 6. The molecule has 0 fully saturated rings. The molecule has 1 unspecified atom stereocenters. The van der Waals surface area contributed by atoms with Gasteiger partial charge in [0.25, 0.3) is 5.91 Å². The van der Waals surface area contributed by atoms with E-state index in [1.165, 1.54) is 6.20 Å². The maximum Gasteiger partial charge on any atom is 0.270 e. The van der Waals surface area contributed by atoms with Crippen LogP contribution in [0, 0.1) is 0 Å². The summed E-state index contributed by atoms with van der Waals surface area (Å²) in [5.41, 5.74) is 3.53. The Bertz CT molecular complexity index is 377. The van der Waals surface area contributed by atoms with E-state index in [1.54, 1.807) is 12.1 Å². The van der Waals surface area contributed by atoms with Crippen molar-refractivity contribution in [3.63, 3.8) is 0 Å². The summed E-state index contributed by atoms with van der Waals surface area (Å²) in [4.78, 5) is 18.0. The Morgan fingerprint density at radius 1 is 1.50 bits per heavy atom. The molecule has 0 bridgehead atoms. The fourth-order valence-corrected chi connectivity index (χ4v) is 1.44. The van der Waals surface area contributed by atoms with Crippen LogP contribution in [0.1, 0.15) is 23.8 Å². The number of hydrazine groups is 1. The first-order chi connectivity index (χ1) is 8.52. The molecule has 6 nitrogen and oxygen atoms in total. The zero-order chi connectivity index (χ0) is 13.5. The van der Waals surface area contributed by atoms with E-state index in [0.717, 1.165) is 13.0 Å². The number of anilines is 1. The third-order valence-corrected chi connectivity index (χ3v) is 2.55. The first-order valence-corrected chi connectivity index (χ1v) is 5.91. The number of aromatic nitrogens is 1. The van der Waals surface area contributed by atoms with Gasteiger partial charge in [0.2, 0.25) is 0 Å². The predicted octanol–water partition coefficient (Wildman–Crippen LogP) is 0.437. The Kier molecular flexibility index (Phi) is 5.54.